The molecule has 0 fully saturated rings. The van der Waals surface area contributed by atoms with Crippen LogP contribution in [-0.2, 0) is 0 Å². The van der Waals surface area contributed by atoms with E-state index in [1.807, 2.05) is 6.07 Å². The van der Waals surface area contributed by atoms with Crippen LogP contribution in [0.15, 0.2) is 36.5 Å². The number of aromatic nitrogens is 3. The van der Waals surface area contributed by atoms with Gasteiger partial charge < -0.3 is 16.0 Å². The molecule has 3 rings (SSSR count). The Morgan fingerprint density at radius 2 is 2.09 bits per heavy atom. The molecule has 2 aromatic heterocycles. The molecule has 0 unspecified atom stereocenters. The summed E-state index contributed by atoms with van der Waals surface area (Å²) in [6.45, 7) is -0.271. The maximum absolute atomic E-state index is 12.4. The molecule has 0 aliphatic rings. The van der Waals surface area contributed by atoms with E-state index >= 15 is 0 Å². The molecule has 0 aliphatic heterocycles. The van der Waals surface area contributed by atoms with Crippen molar-refractivity contribution in [3.63, 3.8) is 0 Å². The second-order valence-electron chi connectivity index (χ2n) is 4.88. The van der Waals surface area contributed by atoms with Crippen molar-refractivity contribution < 1.29 is 14.2 Å². The normalized spacial score (nSPS) is 10.7. The third-order valence-corrected chi connectivity index (χ3v) is 3.29. The van der Waals surface area contributed by atoms with E-state index in [2.05, 4.69) is 25.6 Å². The van der Waals surface area contributed by atoms with E-state index < -0.39 is 12.6 Å². The highest BCUT2D eigenvalue weighted by Gasteiger charge is 2.14. The minimum Gasteiger partial charge on any atom is -0.366 e. The number of halogens is 1. The number of hydrogen-bond donors (Lipinski definition) is 4. The van der Waals surface area contributed by atoms with E-state index in [9.17, 15) is 9.18 Å². The summed E-state index contributed by atoms with van der Waals surface area (Å²) in [5.74, 6) is 0.671. The predicted molar refractivity (Wildman–Crippen MR) is 85.4 cm³/mol. The second-order valence-corrected chi connectivity index (χ2v) is 4.88. The number of carbonyl (C=O) groups excluding carboxylic acids is 1. The molecule has 0 saturated carbocycles. The zero-order valence-electron chi connectivity index (χ0n) is 12.2. The standard InChI is InChI=1S/C15H15FN6O/c16-6-8-19-14-11-5-7-18-13(11)21-15(22-14)20-10-3-1-9(2-4-10)12(17)23/h1-5,7H,6,8H2,(H2,17,23)(H3,18,19,20,21,22)/p+1. The number of anilines is 3. The summed E-state index contributed by atoms with van der Waals surface area (Å²) in [6, 6.07) is 8.55. The Balaban J connectivity index is 1.88. The van der Waals surface area contributed by atoms with E-state index in [1.165, 1.54) is 0 Å². The van der Waals surface area contributed by atoms with Crippen LogP contribution in [0.2, 0.25) is 0 Å². The van der Waals surface area contributed by atoms with Crippen molar-refractivity contribution in [3.05, 3.63) is 42.1 Å². The molecule has 1 amide bonds. The fraction of sp³-hybridized carbons (Fsp3) is 0.133. The van der Waals surface area contributed by atoms with Gasteiger partial charge in [0.25, 0.3) is 0 Å². The average molecular weight is 315 g/mol. The van der Waals surface area contributed by atoms with Gasteiger partial charge in [-0.2, -0.15) is 0 Å². The van der Waals surface area contributed by atoms with Gasteiger partial charge in [-0.1, -0.05) is 4.98 Å². The third kappa shape index (κ3) is 3.20. The van der Waals surface area contributed by atoms with Crippen LogP contribution < -0.4 is 21.4 Å². The third-order valence-electron chi connectivity index (χ3n) is 3.29. The smallest absolute Gasteiger partial charge is 0.351 e. The minimum atomic E-state index is -0.480. The van der Waals surface area contributed by atoms with Gasteiger partial charge in [0.1, 0.15) is 6.67 Å². The van der Waals surface area contributed by atoms with Crippen LogP contribution in [0.5, 0.6) is 0 Å². The molecule has 0 bridgehead atoms. The van der Waals surface area contributed by atoms with Crippen LogP contribution in [0.25, 0.3) is 11.0 Å². The van der Waals surface area contributed by atoms with Crippen LogP contribution in [0.4, 0.5) is 21.8 Å². The average Bonchev–Trinajstić information content (AvgIpc) is 3.01. The SMILES string of the molecule is NC(=O)c1ccc(Nc2nc3[nH]ccc3c(NCCF)[nH+]2)cc1. The molecule has 0 radical (unpaired) electrons. The summed E-state index contributed by atoms with van der Waals surface area (Å²) in [5, 5.41) is 6.92. The number of nitrogens with zero attached hydrogens (tertiary/aromatic N) is 1. The van der Waals surface area contributed by atoms with E-state index in [0.29, 0.717) is 23.0 Å². The molecular weight excluding hydrogens is 299 g/mol. The molecule has 1 aromatic carbocycles. The molecule has 118 valence electrons. The molecule has 0 aliphatic carbocycles. The number of nitrogens with one attached hydrogen (secondary N) is 4. The zero-order chi connectivity index (χ0) is 16.2. The fourth-order valence-corrected chi connectivity index (χ4v) is 2.21. The van der Waals surface area contributed by atoms with E-state index in [1.54, 1.807) is 30.5 Å². The molecular formula is C15H16FN6O+. The quantitative estimate of drug-likeness (QED) is 0.554. The molecule has 8 heteroatoms. The predicted octanol–water partition coefficient (Wildman–Crippen LogP) is 1.60. The Hall–Kier alpha value is -3.16. The zero-order valence-corrected chi connectivity index (χ0v) is 12.2. The van der Waals surface area contributed by atoms with Crippen molar-refractivity contribution in [3.8, 4) is 0 Å². The first kappa shape index (κ1) is 14.8. The van der Waals surface area contributed by atoms with Crippen molar-refractivity contribution in [1.29, 1.82) is 0 Å². The molecule has 2 heterocycles. The lowest BCUT2D eigenvalue weighted by Gasteiger charge is -2.04. The van der Waals surface area contributed by atoms with Gasteiger partial charge in [0, 0.05) is 11.8 Å². The summed E-state index contributed by atoms with van der Waals surface area (Å²) in [4.78, 5) is 21.6. The molecule has 0 saturated heterocycles. The monoisotopic (exact) mass is 315 g/mol. The van der Waals surface area contributed by atoms with E-state index in [-0.39, 0.29) is 6.54 Å². The van der Waals surface area contributed by atoms with Crippen molar-refractivity contribution in [2.24, 2.45) is 5.73 Å². The maximum atomic E-state index is 12.4. The summed E-state index contributed by atoms with van der Waals surface area (Å²) >= 11 is 0. The highest BCUT2D eigenvalue weighted by atomic mass is 19.1. The molecule has 23 heavy (non-hydrogen) atoms. The van der Waals surface area contributed by atoms with Crippen molar-refractivity contribution >= 4 is 34.4 Å². The van der Waals surface area contributed by atoms with Crippen LogP contribution in [0.1, 0.15) is 10.4 Å². The Bertz CT molecular complexity index is 830. The number of carbonyl (C=O) groups is 1. The minimum absolute atomic E-state index is 0.202. The van der Waals surface area contributed by atoms with Gasteiger partial charge in [0.15, 0.2) is 0 Å². The van der Waals surface area contributed by atoms with Crippen LogP contribution in [0.3, 0.4) is 0 Å². The van der Waals surface area contributed by atoms with Crippen LogP contribution in [0, 0.1) is 0 Å². The first-order valence-electron chi connectivity index (χ1n) is 7.04. The Morgan fingerprint density at radius 1 is 1.30 bits per heavy atom. The van der Waals surface area contributed by atoms with Crippen molar-refractivity contribution in [1.82, 2.24) is 9.97 Å². The van der Waals surface area contributed by atoms with Gasteiger partial charge in [-0.25, -0.2) is 9.37 Å². The van der Waals surface area contributed by atoms with E-state index in [4.69, 9.17) is 5.73 Å². The highest BCUT2D eigenvalue weighted by Crippen LogP contribution is 2.19. The number of nitrogens with two attached hydrogens (primary N) is 1. The van der Waals surface area contributed by atoms with Gasteiger partial charge in [-0.3, -0.25) is 10.1 Å². The number of H-pyrrole nitrogens is 2. The summed E-state index contributed by atoms with van der Waals surface area (Å²) in [7, 11) is 0. The summed E-state index contributed by atoms with van der Waals surface area (Å²) in [6.07, 6.45) is 1.76. The summed E-state index contributed by atoms with van der Waals surface area (Å²) < 4.78 is 12.4. The number of aromatic amines is 2. The Kier molecular flexibility index (Phi) is 4.05. The number of benzene rings is 1. The van der Waals surface area contributed by atoms with Gasteiger partial charge in [-0.15, -0.1) is 0 Å². The Morgan fingerprint density at radius 3 is 2.78 bits per heavy atom. The first-order chi connectivity index (χ1) is 11.2. The second kappa shape index (κ2) is 6.30. The molecule has 0 spiro atoms. The highest BCUT2D eigenvalue weighted by molar-refractivity contribution is 5.93. The summed E-state index contributed by atoms with van der Waals surface area (Å²) in [5.41, 5.74) is 7.05. The molecule has 0 atom stereocenters. The lowest BCUT2D eigenvalue weighted by atomic mass is 10.2. The number of alkyl halides is 1. The lowest BCUT2D eigenvalue weighted by Crippen LogP contribution is -2.20. The van der Waals surface area contributed by atoms with Crippen LogP contribution >= 0.6 is 0 Å². The first-order valence-corrected chi connectivity index (χ1v) is 7.04. The number of hydrogen-bond acceptors (Lipinski definition) is 4. The number of primary amides is 1. The van der Waals surface area contributed by atoms with Gasteiger partial charge in [-0.05, 0) is 30.3 Å². The van der Waals surface area contributed by atoms with Crippen molar-refractivity contribution in [2.45, 2.75) is 0 Å². The van der Waals surface area contributed by atoms with Crippen LogP contribution in [-0.4, -0.2) is 29.1 Å². The largest absolute Gasteiger partial charge is 0.366 e. The number of fused-ring (bicyclic) bond motifs is 1. The number of amides is 1. The topological polar surface area (TPSA) is 110 Å². The molecule has 7 nitrogen and oxygen atoms in total. The van der Waals surface area contributed by atoms with Gasteiger partial charge in [0.05, 0.1) is 17.6 Å². The number of rotatable bonds is 6. The fourth-order valence-electron chi connectivity index (χ4n) is 2.21. The molecule has 3 aromatic rings. The molecule has 6 N–H and O–H groups in total. The Labute approximate surface area is 131 Å². The lowest BCUT2D eigenvalue weighted by molar-refractivity contribution is -0.345. The van der Waals surface area contributed by atoms with E-state index in [0.717, 1.165) is 11.1 Å². The van der Waals surface area contributed by atoms with Gasteiger partial charge in [0.2, 0.25) is 17.4 Å². The van der Waals surface area contributed by atoms with Crippen molar-refractivity contribution in [2.75, 3.05) is 23.9 Å². The van der Waals surface area contributed by atoms with Gasteiger partial charge >= 0.3 is 5.95 Å². The maximum Gasteiger partial charge on any atom is 0.351 e.